The zero-order valence-electron chi connectivity index (χ0n) is 13.6. The minimum atomic E-state index is -4.58. The van der Waals surface area contributed by atoms with E-state index in [0.717, 1.165) is 4.68 Å². The lowest BCUT2D eigenvalue weighted by Gasteiger charge is -2.08. The van der Waals surface area contributed by atoms with Crippen molar-refractivity contribution in [1.29, 1.82) is 0 Å². The molecular weight excluding hydrogens is 373 g/mol. The van der Waals surface area contributed by atoms with Crippen LogP contribution < -0.4 is 10.4 Å². The summed E-state index contributed by atoms with van der Waals surface area (Å²) in [5.74, 6) is 0.747. The maximum absolute atomic E-state index is 12.7. The SMILES string of the molecule is COc1ccc(-n2c(C)nn(-c3ncc(C(F)(F)F)cc3Cl)c2=O)cc1. The monoisotopic (exact) mass is 384 g/mol. The van der Waals surface area contributed by atoms with Crippen molar-refractivity contribution in [3.8, 4) is 17.3 Å². The number of pyridine rings is 1. The van der Waals surface area contributed by atoms with E-state index in [1.165, 1.54) is 11.7 Å². The van der Waals surface area contributed by atoms with Crippen LogP contribution in [0.3, 0.4) is 0 Å². The van der Waals surface area contributed by atoms with Crippen molar-refractivity contribution in [3.05, 3.63) is 63.4 Å². The van der Waals surface area contributed by atoms with Gasteiger partial charge in [0.15, 0.2) is 5.82 Å². The number of nitrogens with zero attached hydrogens (tertiary/aromatic N) is 4. The van der Waals surface area contributed by atoms with Gasteiger partial charge >= 0.3 is 11.9 Å². The highest BCUT2D eigenvalue weighted by molar-refractivity contribution is 6.32. The average Bonchev–Trinajstić information content (AvgIpc) is 2.88. The molecule has 0 radical (unpaired) electrons. The van der Waals surface area contributed by atoms with Gasteiger partial charge in [-0.1, -0.05) is 11.6 Å². The number of hydrogen-bond donors (Lipinski definition) is 0. The van der Waals surface area contributed by atoms with Crippen molar-refractivity contribution < 1.29 is 17.9 Å². The summed E-state index contributed by atoms with van der Waals surface area (Å²) >= 11 is 5.90. The van der Waals surface area contributed by atoms with E-state index >= 15 is 0 Å². The molecule has 2 heterocycles. The minimum absolute atomic E-state index is 0.181. The zero-order chi connectivity index (χ0) is 19.1. The van der Waals surface area contributed by atoms with E-state index in [1.54, 1.807) is 31.2 Å². The smallest absolute Gasteiger partial charge is 0.417 e. The van der Waals surface area contributed by atoms with Gasteiger partial charge in [0, 0.05) is 6.20 Å². The highest BCUT2D eigenvalue weighted by atomic mass is 35.5. The summed E-state index contributed by atoms with van der Waals surface area (Å²) in [4.78, 5) is 16.4. The van der Waals surface area contributed by atoms with Crippen molar-refractivity contribution in [2.45, 2.75) is 13.1 Å². The minimum Gasteiger partial charge on any atom is -0.497 e. The average molecular weight is 385 g/mol. The van der Waals surface area contributed by atoms with Gasteiger partial charge in [-0.2, -0.15) is 17.9 Å². The molecule has 0 saturated heterocycles. The van der Waals surface area contributed by atoms with Gasteiger partial charge in [0.05, 0.1) is 23.4 Å². The van der Waals surface area contributed by atoms with Crippen LogP contribution in [0.2, 0.25) is 5.02 Å². The van der Waals surface area contributed by atoms with Crippen molar-refractivity contribution in [1.82, 2.24) is 19.3 Å². The summed E-state index contributed by atoms with van der Waals surface area (Å²) in [6.45, 7) is 1.58. The van der Waals surface area contributed by atoms with Gasteiger partial charge in [0.2, 0.25) is 0 Å². The van der Waals surface area contributed by atoms with Gasteiger partial charge in [-0.3, -0.25) is 0 Å². The van der Waals surface area contributed by atoms with E-state index in [-0.39, 0.29) is 10.8 Å². The van der Waals surface area contributed by atoms with Gasteiger partial charge in [-0.25, -0.2) is 14.3 Å². The Balaban J connectivity index is 2.09. The summed E-state index contributed by atoms with van der Waals surface area (Å²) in [6, 6.07) is 7.35. The second-order valence-electron chi connectivity index (χ2n) is 5.30. The molecule has 0 atom stereocenters. The highest BCUT2D eigenvalue weighted by Gasteiger charge is 2.32. The Labute approximate surface area is 150 Å². The summed E-state index contributed by atoms with van der Waals surface area (Å²) in [5, 5.41) is 3.73. The molecule has 0 amide bonds. The first kappa shape index (κ1) is 18.0. The molecule has 0 bridgehead atoms. The molecule has 26 heavy (non-hydrogen) atoms. The van der Waals surface area contributed by atoms with Crippen LogP contribution in [-0.2, 0) is 6.18 Å². The highest BCUT2D eigenvalue weighted by Crippen LogP contribution is 2.31. The predicted molar refractivity (Wildman–Crippen MR) is 88.3 cm³/mol. The van der Waals surface area contributed by atoms with E-state index < -0.39 is 17.4 Å². The molecule has 0 fully saturated rings. The molecule has 0 aliphatic heterocycles. The summed E-state index contributed by atoms with van der Waals surface area (Å²) in [5.41, 5.74) is -1.10. The first-order valence-corrected chi connectivity index (χ1v) is 7.66. The summed E-state index contributed by atoms with van der Waals surface area (Å²) < 4.78 is 45.4. The molecule has 0 aliphatic carbocycles. The fourth-order valence-electron chi connectivity index (χ4n) is 2.37. The molecule has 10 heteroatoms. The fourth-order valence-corrected chi connectivity index (χ4v) is 2.62. The lowest BCUT2D eigenvalue weighted by Crippen LogP contribution is -2.24. The lowest BCUT2D eigenvalue weighted by molar-refractivity contribution is -0.137. The number of benzene rings is 1. The quantitative estimate of drug-likeness (QED) is 0.694. The Morgan fingerprint density at radius 3 is 2.38 bits per heavy atom. The van der Waals surface area contributed by atoms with Crippen LogP contribution in [0.15, 0.2) is 41.3 Å². The third-order valence-corrected chi connectivity index (χ3v) is 3.90. The van der Waals surface area contributed by atoms with Crippen molar-refractivity contribution in [2.24, 2.45) is 0 Å². The van der Waals surface area contributed by atoms with E-state index in [9.17, 15) is 18.0 Å². The topological polar surface area (TPSA) is 61.9 Å². The van der Waals surface area contributed by atoms with Crippen LogP contribution in [0.1, 0.15) is 11.4 Å². The Morgan fingerprint density at radius 2 is 1.85 bits per heavy atom. The molecule has 1 aromatic carbocycles. The Morgan fingerprint density at radius 1 is 1.19 bits per heavy atom. The molecule has 136 valence electrons. The number of rotatable bonds is 3. The predicted octanol–water partition coefficient (Wildman–Crippen LogP) is 3.41. The van der Waals surface area contributed by atoms with Gasteiger partial charge < -0.3 is 4.74 Å². The molecule has 3 aromatic rings. The van der Waals surface area contributed by atoms with Crippen LogP contribution in [0, 0.1) is 6.92 Å². The summed E-state index contributed by atoms with van der Waals surface area (Å²) in [6.07, 6.45) is -3.98. The van der Waals surface area contributed by atoms with Crippen molar-refractivity contribution in [3.63, 3.8) is 0 Å². The zero-order valence-corrected chi connectivity index (χ0v) is 14.3. The molecule has 0 unspecified atom stereocenters. The third kappa shape index (κ3) is 3.17. The Hall–Kier alpha value is -2.81. The Bertz CT molecular complexity index is 1010. The van der Waals surface area contributed by atoms with E-state index in [2.05, 4.69) is 10.1 Å². The molecule has 6 nitrogen and oxygen atoms in total. The number of hydrogen-bond acceptors (Lipinski definition) is 4. The lowest BCUT2D eigenvalue weighted by atomic mass is 10.3. The van der Waals surface area contributed by atoms with Crippen LogP contribution in [0.4, 0.5) is 13.2 Å². The molecule has 0 saturated carbocycles. The summed E-state index contributed by atoms with van der Waals surface area (Å²) in [7, 11) is 1.52. The number of alkyl halides is 3. The number of halogens is 4. The van der Waals surface area contributed by atoms with E-state index in [4.69, 9.17) is 16.3 Å². The molecular formula is C16H12ClF3N4O2. The van der Waals surface area contributed by atoms with E-state index in [0.29, 0.717) is 29.5 Å². The van der Waals surface area contributed by atoms with Gasteiger partial charge in [-0.15, -0.1) is 5.10 Å². The molecule has 3 rings (SSSR count). The largest absolute Gasteiger partial charge is 0.497 e. The number of methoxy groups -OCH3 is 1. The van der Waals surface area contributed by atoms with Crippen LogP contribution >= 0.6 is 11.6 Å². The molecule has 0 aliphatic rings. The van der Waals surface area contributed by atoms with Gasteiger partial charge in [0.1, 0.15) is 11.6 Å². The third-order valence-electron chi connectivity index (χ3n) is 3.62. The fraction of sp³-hybridized carbons (Fsp3) is 0.188. The van der Waals surface area contributed by atoms with E-state index in [1.807, 2.05) is 0 Å². The van der Waals surface area contributed by atoms with Crippen LogP contribution in [-0.4, -0.2) is 26.4 Å². The first-order chi connectivity index (χ1) is 12.2. The van der Waals surface area contributed by atoms with Gasteiger partial charge in [0.25, 0.3) is 0 Å². The number of aromatic nitrogens is 4. The van der Waals surface area contributed by atoms with Crippen LogP contribution in [0.5, 0.6) is 5.75 Å². The van der Waals surface area contributed by atoms with Crippen molar-refractivity contribution in [2.75, 3.05) is 7.11 Å². The standard InChI is InChI=1S/C16H12ClF3N4O2/c1-9-22-24(14-13(17)7-10(8-21-14)16(18,19)20)15(25)23(9)11-3-5-12(26-2)6-4-11/h3-8H,1-2H3. The molecule has 0 N–H and O–H groups in total. The number of aryl methyl sites for hydroxylation is 1. The van der Waals surface area contributed by atoms with Crippen LogP contribution in [0.25, 0.3) is 11.5 Å². The molecule has 0 spiro atoms. The maximum Gasteiger partial charge on any atom is 0.417 e. The first-order valence-electron chi connectivity index (χ1n) is 7.28. The normalized spacial score (nSPS) is 11.6. The van der Waals surface area contributed by atoms with Gasteiger partial charge in [-0.05, 0) is 37.3 Å². The second-order valence-corrected chi connectivity index (χ2v) is 5.71. The second kappa shape index (κ2) is 6.49. The number of ether oxygens (including phenoxy) is 1. The maximum atomic E-state index is 12.7. The van der Waals surface area contributed by atoms with Crippen molar-refractivity contribution >= 4 is 11.6 Å². The Kier molecular flexibility index (Phi) is 4.49. The molecule has 2 aromatic heterocycles.